The van der Waals surface area contributed by atoms with E-state index in [1.165, 1.54) is 0 Å². The van der Waals surface area contributed by atoms with Crippen molar-refractivity contribution in [1.29, 1.82) is 0 Å². The molecule has 2 rings (SSSR count). The fourth-order valence-corrected chi connectivity index (χ4v) is 1.91. The first kappa shape index (κ1) is 13.4. The Bertz CT molecular complexity index is 641. The van der Waals surface area contributed by atoms with Crippen molar-refractivity contribution in [3.8, 4) is 5.75 Å². The number of carbonyl (C=O) groups is 1. The van der Waals surface area contributed by atoms with Crippen LogP contribution >= 0.6 is 11.6 Å². The van der Waals surface area contributed by atoms with Gasteiger partial charge in [-0.15, -0.1) is 0 Å². The smallest absolute Gasteiger partial charge is 0.256 e. The molecule has 19 heavy (non-hydrogen) atoms. The third-order valence-electron chi connectivity index (χ3n) is 2.85. The predicted octanol–water partition coefficient (Wildman–Crippen LogP) is 3.31. The number of anilines is 1. The third kappa shape index (κ3) is 2.85. The molecule has 0 saturated heterocycles. The lowest BCUT2D eigenvalue weighted by atomic mass is 10.1. The van der Waals surface area contributed by atoms with Crippen molar-refractivity contribution in [3.05, 3.63) is 52.3 Å². The van der Waals surface area contributed by atoms with Crippen LogP contribution in [-0.2, 0) is 0 Å². The summed E-state index contributed by atoms with van der Waals surface area (Å²) < 4.78 is 0. The molecule has 0 aliphatic rings. The number of aromatic hydroxyl groups is 1. The van der Waals surface area contributed by atoms with Crippen molar-refractivity contribution in [1.82, 2.24) is 4.98 Å². The second-order valence-electron chi connectivity index (χ2n) is 4.17. The molecule has 1 aromatic carbocycles. The summed E-state index contributed by atoms with van der Waals surface area (Å²) in [6.07, 6.45) is 0. The first-order chi connectivity index (χ1) is 8.99. The molecular weight excluding hydrogens is 264 g/mol. The van der Waals surface area contributed by atoms with Gasteiger partial charge in [0.05, 0.1) is 11.4 Å². The van der Waals surface area contributed by atoms with Crippen molar-refractivity contribution >= 4 is 23.2 Å². The molecule has 4 nitrogen and oxygen atoms in total. The van der Waals surface area contributed by atoms with Crippen LogP contribution in [0.3, 0.4) is 0 Å². The summed E-state index contributed by atoms with van der Waals surface area (Å²) >= 11 is 5.76. The van der Waals surface area contributed by atoms with Crippen LogP contribution in [0, 0.1) is 13.8 Å². The summed E-state index contributed by atoms with van der Waals surface area (Å²) in [5.74, 6) is -0.195. The molecule has 0 unspecified atom stereocenters. The molecule has 0 fully saturated rings. The minimum Gasteiger partial charge on any atom is -0.508 e. The van der Waals surface area contributed by atoms with Crippen molar-refractivity contribution in [2.24, 2.45) is 0 Å². The van der Waals surface area contributed by atoms with Gasteiger partial charge in [-0.05, 0) is 38.1 Å². The normalized spacial score (nSPS) is 10.3. The number of amides is 1. The zero-order valence-corrected chi connectivity index (χ0v) is 11.3. The van der Waals surface area contributed by atoms with Gasteiger partial charge in [-0.3, -0.25) is 4.79 Å². The van der Waals surface area contributed by atoms with Gasteiger partial charge in [-0.25, -0.2) is 4.98 Å². The second kappa shape index (κ2) is 5.28. The van der Waals surface area contributed by atoms with E-state index in [0.29, 0.717) is 27.7 Å². The number of pyridine rings is 1. The number of nitrogens with one attached hydrogen (secondary N) is 1. The van der Waals surface area contributed by atoms with Crippen LogP contribution in [-0.4, -0.2) is 16.0 Å². The molecule has 0 saturated carbocycles. The van der Waals surface area contributed by atoms with E-state index in [2.05, 4.69) is 10.3 Å². The van der Waals surface area contributed by atoms with Crippen LogP contribution < -0.4 is 5.32 Å². The Balaban J connectivity index is 2.28. The summed E-state index contributed by atoms with van der Waals surface area (Å²) in [4.78, 5) is 16.2. The highest BCUT2D eigenvalue weighted by Crippen LogP contribution is 2.22. The lowest BCUT2D eigenvalue weighted by Crippen LogP contribution is -2.14. The number of halogens is 1. The van der Waals surface area contributed by atoms with E-state index in [9.17, 15) is 9.90 Å². The maximum atomic E-state index is 12.1. The van der Waals surface area contributed by atoms with Gasteiger partial charge in [0.15, 0.2) is 0 Å². The number of carbonyl (C=O) groups excluding carboxylic acids is 1. The molecule has 1 amide bonds. The standard InChI is InChI=1S/C14H13ClN2O2/c1-8-10(4-3-5-12(8)18)14(19)17-11-6-7-13(15)16-9(11)2/h3-7,18H,1-2H3,(H,17,19). The highest BCUT2D eigenvalue weighted by Gasteiger charge is 2.12. The van der Waals surface area contributed by atoms with E-state index >= 15 is 0 Å². The maximum Gasteiger partial charge on any atom is 0.256 e. The number of aryl methyl sites for hydroxylation is 1. The number of rotatable bonds is 2. The Morgan fingerprint density at radius 1 is 1.26 bits per heavy atom. The predicted molar refractivity (Wildman–Crippen MR) is 74.8 cm³/mol. The average Bonchev–Trinajstić information content (AvgIpc) is 2.36. The number of nitrogens with zero attached hydrogens (tertiary/aromatic N) is 1. The van der Waals surface area contributed by atoms with Crippen LogP contribution in [0.5, 0.6) is 5.75 Å². The lowest BCUT2D eigenvalue weighted by Gasteiger charge is -2.10. The molecular formula is C14H13ClN2O2. The van der Waals surface area contributed by atoms with Crippen LogP contribution in [0.4, 0.5) is 5.69 Å². The van der Waals surface area contributed by atoms with Crippen LogP contribution in [0.2, 0.25) is 5.15 Å². The summed E-state index contributed by atoms with van der Waals surface area (Å²) in [5.41, 5.74) is 2.20. The summed E-state index contributed by atoms with van der Waals surface area (Å²) in [6.45, 7) is 3.45. The van der Waals surface area contributed by atoms with Crippen molar-refractivity contribution in [3.63, 3.8) is 0 Å². The van der Waals surface area contributed by atoms with Gasteiger partial charge in [-0.2, -0.15) is 0 Å². The van der Waals surface area contributed by atoms with Gasteiger partial charge in [0.2, 0.25) is 0 Å². The monoisotopic (exact) mass is 276 g/mol. The van der Waals surface area contributed by atoms with Crippen LogP contribution in [0.25, 0.3) is 0 Å². The summed E-state index contributed by atoms with van der Waals surface area (Å²) in [5, 5.41) is 12.7. The minimum absolute atomic E-state index is 0.0959. The molecule has 98 valence electrons. The highest BCUT2D eigenvalue weighted by atomic mass is 35.5. The quantitative estimate of drug-likeness (QED) is 0.827. The Morgan fingerprint density at radius 3 is 2.68 bits per heavy atom. The topological polar surface area (TPSA) is 62.2 Å². The van der Waals surface area contributed by atoms with E-state index in [4.69, 9.17) is 11.6 Å². The third-order valence-corrected chi connectivity index (χ3v) is 3.06. The van der Waals surface area contributed by atoms with E-state index in [0.717, 1.165) is 0 Å². The molecule has 0 bridgehead atoms. The average molecular weight is 277 g/mol. The van der Waals surface area contributed by atoms with Crippen LogP contribution in [0.1, 0.15) is 21.6 Å². The first-order valence-electron chi connectivity index (χ1n) is 5.72. The van der Waals surface area contributed by atoms with E-state index in [1.807, 2.05) is 0 Å². The molecule has 2 aromatic rings. The molecule has 0 atom stereocenters. The van der Waals surface area contributed by atoms with Crippen molar-refractivity contribution in [2.75, 3.05) is 5.32 Å². The number of hydrogen-bond acceptors (Lipinski definition) is 3. The van der Waals surface area contributed by atoms with Gasteiger partial charge in [0, 0.05) is 11.1 Å². The molecule has 2 N–H and O–H groups in total. The summed E-state index contributed by atoms with van der Waals surface area (Å²) in [6, 6.07) is 8.13. The number of hydrogen-bond donors (Lipinski definition) is 2. The Kier molecular flexibility index (Phi) is 3.71. The number of phenolic OH excluding ortho intramolecular Hbond substituents is 1. The van der Waals surface area contributed by atoms with Gasteiger partial charge in [-0.1, -0.05) is 17.7 Å². The molecule has 0 radical (unpaired) electrons. The molecule has 0 aliphatic carbocycles. The van der Waals surface area contributed by atoms with Crippen LogP contribution in [0.15, 0.2) is 30.3 Å². The fourth-order valence-electron chi connectivity index (χ4n) is 1.72. The van der Waals surface area contributed by atoms with E-state index in [1.54, 1.807) is 44.2 Å². The van der Waals surface area contributed by atoms with E-state index in [-0.39, 0.29) is 11.7 Å². The minimum atomic E-state index is -0.291. The largest absolute Gasteiger partial charge is 0.508 e. The Labute approximate surface area is 116 Å². The second-order valence-corrected chi connectivity index (χ2v) is 4.56. The van der Waals surface area contributed by atoms with Gasteiger partial charge in [0.1, 0.15) is 10.9 Å². The SMILES string of the molecule is Cc1nc(Cl)ccc1NC(=O)c1cccc(O)c1C. The van der Waals surface area contributed by atoms with E-state index < -0.39 is 0 Å². The molecule has 1 heterocycles. The van der Waals surface area contributed by atoms with Gasteiger partial charge < -0.3 is 10.4 Å². The van der Waals surface area contributed by atoms with Gasteiger partial charge >= 0.3 is 0 Å². The molecule has 0 aliphatic heterocycles. The van der Waals surface area contributed by atoms with Crippen molar-refractivity contribution in [2.45, 2.75) is 13.8 Å². The Morgan fingerprint density at radius 2 is 2.00 bits per heavy atom. The van der Waals surface area contributed by atoms with Gasteiger partial charge in [0.25, 0.3) is 5.91 Å². The summed E-state index contributed by atoms with van der Waals surface area (Å²) in [7, 11) is 0. The zero-order valence-electron chi connectivity index (χ0n) is 10.6. The Hall–Kier alpha value is -2.07. The number of phenols is 1. The number of benzene rings is 1. The van der Waals surface area contributed by atoms with Crippen molar-refractivity contribution < 1.29 is 9.90 Å². The zero-order chi connectivity index (χ0) is 14.0. The highest BCUT2D eigenvalue weighted by molar-refractivity contribution is 6.29. The maximum absolute atomic E-state index is 12.1. The fraction of sp³-hybridized carbons (Fsp3) is 0.143. The number of aromatic nitrogens is 1. The molecule has 0 spiro atoms. The molecule has 5 heteroatoms. The lowest BCUT2D eigenvalue weighted by molar-refractivity contribution is 0.102. The molecule has 1 aromatic heterocycles. The first-order valence-corrected chi connectivity index (χ1v) is 6.10.